The van der Waals surface area contributed by atoms with E-state index in [4.69, 9.17) is 0 Å². The Hall–Kier alpha value is -1.63. The van der Waals surface area contributed by atoms with Crippen LogP contribution in [0.2, 0.25) is 0 Å². The lowest BCUT2D eigenvalue weighted by atomic mass is 10.1. The summed E-state index contributed by atoms with van der Waals surface area (Å²) in [6, 6.07) is 17.4. The zero-order chi connectivity index (χ0) is 19.2. The van der Waals surface area contributed by atoms with E-state index in [1.54, 1.807) is 12.1 Å². The van der Waals surface area contributed by atoms with Gasteiger partial charge in [-0.2, -0.15) is 0 Å². The second-order valence-corrected chi connectivity index (χ2v) is 4.18. The fraction of sp³-hybridized carbons (Fsp3) is 0.478. The molecule has 0 bridgehead atoms. The van der Waals surface area contributed by atoms with E-state index in [0.717, 1.165) is 12.0 Å². The molecule has 0 fully saturated rings. The fourth-order valence-corrected chi connectivity index (χ4v) is 1.72. The molecule has 0 aliphatic carbocycles. The third-order valence-electron chi connectivity index (χ3n) is 2.72. The highest BCUT2D eigenvalue weighted by molar-refractivity contribution is 5.16. The molecule has 0 radical (unpaired) electrons. The predicted octanol–water partition coefficient (Wildman–Crippen LogP) is 8.11. The van der Waals surface area contributed by atoms with Gasteiger partial charge in [0.05, 0.1) is 0 Å². The third-order valence-corrected chi connectivity index (χ3v) is 2.72. The second kappa shape index (κ2) is 23.6. The normalized spacial score (nSPS) is 7.88. The summed E-state index contributed by atoms with van der Waals surface area (Å²) in [5, 5.41) is 0. The Morgan fingerprint density at radius 3 is 1.50 bits per heavy atom. The molecule has 0 aromatic heterocycles. The molecule has 0 saturated carbocycles. The van der Waals surface area contributed by atoms with Gasteiger partial charge in [0.25, 0.3) is 0 Å². The number of rotatable bonds is 3. The van der Waals surface area contributed by atoms with Crippen LogP contribution in [0.4, 0.5) is 4.39 Å². The molecule has 0 amide bonds. The van der Waals surface area contributed by atoms with Crippen molar-refractivity contribution >= 4 is 0 Å². The van der Waals surface area contributed by atoms with Gasteiger partial charge in [-0.25, -0.2) is 4.39 Å². The minimum absolute atomic E-state index is 0.0972. The van der Waals surface area contributed by atoms with Crippen LogP contribution in [0, 0.1) is 5.82 Å². The number of benzene rings is 2. The molecule has 0 aliphatic rings. The Kier molecular flexibility index (Phi) is 26.8. The van der Waals surface area contributed by atoms with Crippen LogP contribution in [0.5, 0.6) is 0 Å². The molecule has 0 saturated heterocycles. The topological polar surface area (TPSA) is 0 Å². The van der Waals surface area contributed by atoms with Gasteiger partial charge >= 0.3 is 0 Å². The van der Waals surface area contributed by atoms with Crippen molar-refractivity contribution in [1.29, 1.82) is 0 Å². The van der Waals surface area contributed by atoms with Crippen LogP contribution >= 0.6 is 0 Å². The van der Waals surface area contributed by atoms with E-state index in [9.17, 15) is 4.39 Å². The molecular formula is C23H39F. The van der Waals surface area contributed by atoms with Crippen molar-refractivity contribution in [3.63, 3.8) is 0 Å². The molecule has 0 N–H and O–H groups in total. The molecule has 2 aromatic rings. The van der Waals surface area contributed by atoms with Crippen LogP contribution in [-0.2, 0) is 12.8 Å². The molecule has 24 heavy (non-hydrogen) atoms. The number of halogens is 1. The lowest BCUT2D eigenvalue weighted by Gasteiger charge is -1.94. The second-order valence-electron chi connectivity index (χ2n) is 4.18. The van der Waals surface area contributed by atoms with E-state index in [2.05, 4.69) is 37.3 Å². The first-order valence-electron chi connectivity index (χ1n) is 9.55. The molecule has 138 valence electrons. The average molecular weight is 335 g/mol. The standard InChI is InChI=1S/C9H12.C8H9F.3C2H6/c1-2-6-9-7-4-3-5-8-9;1-2-7-5-3-4-6-8(7)9;3*1-2/h3-5,7-8H,2,6H2,1H3;3-6H,2H2,1H3;3*1-2H3. The van der Waals surface area contributed by atoms with Crippen molar-refractivity contribution in [2.24, 2.45) is 0 Å². The highest BCUT2D eigenvalue weighted by Crippen LogP contribution is 2.05. The Bertz CT molecular complexity index is 435. The van der Waals surface area contributed by atoms with E-state index in [1.807, 2.05) is 54.5 Å². The maximum atomic E-state index is 12.6. The number of hydrogen-bond acceptors (Lipinski definition) is 0. The SMILES string of the molecule is CC.CC.CC.CCCc1ccccc1.CCc1ccccc1F. The molecular weight excluding hydrogens is 295 g/mol. The molecule has 1 heteroatoms. The monoisotopic (exact) mass is 334 g/mol. The van der Waals surface area contributed by atoms with Gasteiger partial charge in [0, 0.05) is 0 Å². The predicted molar refractivity (Wildman–Crippen MR) is 110 cm³/mol. The summed E-state index contributed by atoms with van der Waals surface area (Å²) < 4.78 is 12.6. The summed E-state index contributed by atoms with van der Waals surface area (Å²) in [6.07, 6.45) is 3.22. The minimum Gasteiger partial charge on any atom is -0.207 e. The molecule has 0 atom stereocenters. The zero-order valence-corrected chi connectivity index (χ0v) is 17.2. The van der Waals surface area contributed by atoms with Crippen molar-refractivity contribution in [2.75, 3.05) is 0 Å². The fourth-order valence-electron chi connectivity index (χ4n) is 1.72. The van der Waals surface area contributed by atoms with Crippen molar-refractivity contribution < 1.29 is 4.39 Å². The van der Waals surface area contributed by atoms with Crippen molar-refractivity contribution in [1.82, 2.24) is 0 Å². The van der Waals surface area contributed by atoms with E-state index >= 15 is 0 Å². The maximum Gasteiger partial charge on any atom is 0.126 e. The van der Waals surface area contributed by atoms with Gasteiger partial charge in [-0.1, -0.05) is 110 Å². The highest BCUT2D eigenvalue weighted by atomic mass is 19.1. The highest BCUT2D eigenvalue weighted by Gasteiger charge is 1.93. The van der Waals surface area contributed by atoms with E-state index in [-0.39, 0.29) is 5.82 Å². The van der Waals surface area contributed by atoms with Crippen LogP contribution in [-0.4, -0.2) is 0 Å². The molecule has 0 aliphatic heterocycles. The summed E-state index contributed by atoms with van der Waals surface area (Å²) in [6.45, 7) is 16.1. The van der Waals surface area contributed by atoms with E-state index in [0.29, 0.717) is 0 Å². The van der Waals surface area contributed by atoms with Crippen LogP contribution in [0.25, 0.3) is 0 Å². The summed E-state index contributed by atoms with van der Waals surface area (Å²) in [5.41, 5.74) is 2.23. The largest absolute Gasteiger partial charge is 0.207 e. The number of aryl methyl sites for hydroxylation is 2. The zero-order valence-electron chi connectivity index (χ0n) is 17.2. The van der Waals surface area contributed by atoms with Crippen molar-refractivity contribution in [2.45, 2.75) is 74.7 Å². The van der Waals surface area contributed by atoms with Gasteiger partial charge < -0.3 is 0 Å². The quantitative estimate of drug-likeness (QED) is 0.531. The first-order valence-corrected chi connectivity index (χ1v) is 9.55. The Morgan fingerprint density at radius 2 is 1.12 bits per heavy atom. The maximum absolute atomic E-state index is 12.6. The Balaban J connectivity index is -0.000000281. The van der Waals surface area contributed by atoms with Crippen molar-refractivity contribution in [3.05, 3.63) is 71.5 Å². The van der Waals surface area contributed by atoms with Gasteiger partial charge in [-0.15, -0.1) is 0 Å². The third kappa shape index (κ3) is 15.3. The minimum atomic E-state index is -0.0972. The molecule has 0 unspecified atom stereocenters. The van der Waals surface area contributed by atoms with Gasteiger partial charge in [0.15, 0.2) is 0 Å². The van der Waals surface area contributed by atoms with Crippen LogP contribution in [0.15, 0.2) is 54.6 Å². The first-order chi connectivity index (χ1) is 11.8. The van der Waals surface area contributed by atoms with Crippen LogP contribution in [0.3, 0.4) is 0 Å². The molecule has 0 nitrogen and oxygen atoms in total. The first kappa shape index (κ1) is 27.2. The molecule has 0 spiro atoms. The van der Waals surface area contributed by atoms with Crippen LogP contribution in [0.1, 0.15) is 72.9 Å². The Labute approximate surface area is 151 Å². The molecule has 2 rings (SSSR count). The average Bonchev–Trinajstić information content (AvgIpc) is 2.69. The van der Waals surface area contributed by atoms with Crippen molar-refractivity contribution in [3.8, 4) is 0 Å². The Morgan fingerprint density at radius 1 is 0.667 bits per heavy atom. The van der Waals surface area contributed by atoms with Gasteiger partial charge in [0.1, 0.15) is 5.82 Å². The summed E-state index contributed by atoms with van der Waals surface area (Å²) in [5.74, 6) is -0.0972. The smallest absolute Gasteiger partial charge is 0.126 e. The lowest BCUT2D eigenvalue weighted by Crippen LogP contribution is -1.83. The summed E-state index contributed by atoms with van der Waals surface area (Å²) in [4.78, 5) is 0. The van der Waals surface area contributed by atoms with Gasteiger partial charge in [0.2, 0.25) is 0 Å². The number of hydrogen-bond donors (Lipinski definition) is 0. The van der Waals surface area contributed by atoms with Gasteiger partial charge in [-0.3, -0.25) is 0 Å². The lowest BCUT2D eigenvalue weighted by molar-refractivity contribution is 0.612. The summed E-state index contributed by atoms with van der Waals surface area (Å²) >= 11 is 0. The van der Waals surface area contributed by atoms with E-state index in [1.165, 1.54) is 24.5 Å². The summed E-state index contributed by atoms with van der Waals surface area (Å²) in [7, 11) is 0. The van der Waals surface area contributed by atoms with E-state index < -0.39 is 0 Å². The molecule has 2 aromatic carbocycles. The van der Waals surface area contributed by atoms with Gasteiger partial charge in [-0.05, 0) is 30.0 Å². The molecule has 0 heterocycles. The van der Waals surface area contributed by atoms with Crippen LogP contribution < -0.4 is 0 Å².